The third-order valence-electron chi connectivity index (χ3n) is 3.65. The van der Waals surface area contributed by atoms with Gasteiger partial charge in [-0.2, -0.15) is 4.98 Å². The van der Waals surface area contributed by atoms with E-state index >= 15 is 0 Å². The Kier molecular flexibility index (Phi) is 4.85. The number of aryl methyl sites for hydroxylation is 2. The molecule has 0 radical (unpaired) electrons. The van der Waals surface area contributed by atoms with Crippen LogP contribution in [0.4, 0.5) is 4.39 Å². The molecule has 0 unspecified atom stereocenters. The maximum absolute atomic E-state index is 13.9. The van der Waals surface area contributed by atoms with E-state index in [-0.39, 0.29) is 34.4 Å². The lowest BCUT2D eigenvalue weighted by molar-refractivity contribution is 0.0944. The molecule has 0 bridgehead atoms. The monoisotopic (exact) mass is 376 g/mol. The van der Waals surface area contributed by atoms with Crippen molar-refractivity contribution in [3.8, 4) is 11.4 Å². The maximum atomic E-state index is 13.9. The van der Waals surface area contributed by atoms with Crippen molar-refractivity contribution < 1.29 is 13.7 Å². The summed E-state index contributed by atoms with van der Waals surface area (Å²) < 4.78 is 18.9. The highest BCUT2D eigenvalue weighted by Gasteiger charge is 2.18. The number of pyridine rings is 1. The average molecular weight is 377 g/mol. The van der Waals surface area contributed by atoms with Crippen LogP contribution < -0.4 is 10.9 Å². The lowest BCUT2D eigenvalue weighted by Gasteiger charge is -2.05. The highest BCUT2D eigenvalue weighted by Crippen LogP contribution is 2.28. The van der Waals surface area contributed by atoms with E-state index in [0.29, 0.717) is 11.3 Å². The lowest BCUT2D eigenvalue weighted by Crippen LogP contribution is -2.30. The molecule has 1 amide bonds. The molecule has 3 rings (SSSR count). The summed E-state index contributed by atoms with van der Waals surface area (Å²) >= 11 is 5.96. The van der Waals surface area contributed by atoms with E-state index in [1.54, 1.807) is 19.9 Å². The van der Waals surface area contributed by atoms with E-state index < -0.39 is 17.3 Å². The van der Waals surface area contributed by atoms with E-state index in [1.165, 1.54) is 18.2 Å². The number of carbonyl (C=O) groups is 1. The molecule has 0 spiro atoms. The molecule has 9 heteroatoms. The van der Waals surface area contributed by atoms with Gasteiger partial charge in [0.15, 0.2) is 0 Å². The van der Waals surface area contributed by atoms with Gasteiger partial charge in [0.1, 0.15) is 11.4 Å². The first-order valence-corrected chi connectivity index (χ1v) is 8.00. The number of aromatic nitrogens is 3. The highest BCUT2D eigenvalue weighted by molar-refractivity contribution is 6.33. The quantitative estimate of drug-likeness (QED) is 0.729. The van der Waals surface area contributed by atoms with Crippen LogP contribution in [0, 0.1) is 19.7 Å². The second-order valence-corrected chi connectivity index (χ2v) is 6.04. The van der Waals surface area contributed by atoms with Crippen LogP contribution in [0.2, 0.25) is 5.02 Å². The molecule has 0 saturated carbocycles. The molecule has 26 heavy (non-hydrogen) atoms. The highest BCUT2D eigenvalue weighted by atomic mass is 35.5. The van der Waals surface area contributed by atoms with Crippen LogP contribution in [0.5, 0.6) is 0 Å². The Balaban J connectivity index is 1.77. The summed E-state index contributed by atoms with van der Waals surface area (Å²) in [6.45, 7) is 3.27. The van der Waals surface area contributed by atoms with Gasteiger partial charge in [-0.05, 0) is 37.6 Å². The predicted octanol–water partition coefficient (Wildman–Crippen LogP) is 2.76. The minimum Gasteiger partial charge on any atom is -0.343 e. The third kappa shape index (κ3) is 3.50. The molecule has 2 aromatic heterocycles. The molecule has 0 saturated heterocycles. The van der Waals surface area contributed by atoms with Gasteiger partial charge >= 0.3 is 0 Å². The molecule has 3 aromatic rings. The topological polar surface area (TPSA) is 101 Å². The molecular formula is C17H14ClFN4O3. The van der Waals surface area contributed by atoms with Crippen LogP contribution >= 0.6 is 11.6 Å². The molecule has 2 heterocycles. The Bertz CT molecular complexity index is 1020. The van der Waals surface area contributed by atoms with Crippen LogP contribution in [0.25, 0.3) is 11.4 Å². The Labute approximate surface area is 152 Å². The zero-order valence-electron chi connectivity index (χ0n) is 13.9. The summed E-state index contributed by atoms with van der Waals surface area (Å²) in [4.78, 5) is 30.8. The normalized spacial score (nSPS) is 10.8. The summed E-state index contributed by atoms with van der Waals surface area (Å²) in [5.41, 5.74) is 0.749. The van der Waals surface area contributed by atoms with Crippen molar-refractivity contribution in [2.24, 2.45) is 0 Å². The molecule has 1 aromatic carbocycles. The Morgan fingerprint density at radius 3 is 2.85 bits per heavy atom. The SMILES string of the molecule is Cc1cc(C)c(C(=O)NCc2nc(-c3c(F)cccc3Cl)no2)c(=O)[nH]1. The van der Waals surface area contributed by atoms with E-state index in [0.717, 1.165) is 0 Å². The number of amides is 1. The first kappa shape index (κ1) is 17.8. The summed E-state index contributed by atoms with van der Waals surface area (Å²) in [6.07, 6.45) is 0. The average Bonchev–Trinajstić information content (AvgIpc) is 3.00. The molecule has 0 aliphatic heterocycles. The van der Waals surface area contributed by atoms with Crippen molar-refractivity contribution in [2.45, 2.75) is 20.4 Å². The number of rotatable bonds is 4. The number of carbonyl (C=O) groups excluding carboxylic acids is 1. The number of H-pyrrole nitrogens is 1. The van der Waals surface area contributed by atoms with E-state index in [2.05, 4.69) is 20.4 Å². The predicted molar refractivity (Wildman–Crippen MR) is 92.4 cm³/mol. The number of halogens is 2. The second kappa shape index (κ2) is 7.09. The number of hydrogen-bond acceptors (Lipinski definition) is 5. The van der Waals surface area contributed by atoms with Crippen molar-refractivity contribution in [2.75, 3.05) is 0 Å². The summed E-state index contributed by atoms with van der Waals surface area (Å²) in [7, 11) is 0. The van der Waals surface area contributed by atoms with Crippen molar-refractivity contribution in [3.05, 3.63) is 68.2 Å². The number of hydrogen-bond donors (Lipinski definition) is 2. The van der Waals surface area contributed by atoms with Gasteiger partial charge in [-0.3, -0.25) is 9.59 Å². The fourth-order valence-electron chi connectivity index (χ4n) is 2.52. The molecule has 0 fully saturated rings. The van der Waals surface area contributed by atoms with Gasteiger partial charge in [-0.15, -0.1) is 0 Å². The smallest absolute Gasteiger partial charge is 0.261 e. The largest absolute Gasteiger partial charge is 0.343 e. The first-order chi connectivity index (χ1) is 12.4. The molecule has 2 N–H and O–H groups in total. The van der Waals surface area contributed by atoms with E-state index in [4.69, 9.17) is 16.1 Å². The third-order valence-corrected chi connectivity index (χ3v) is 3.96. The number of benzene rings is 1. The molecular weight excluding hydrogens is 363 g/mol. The van der Waals surface area contributed by atoms with Gasteiger partial charge in [-0.25, -0.2) is 4.39 Å². The molecule has 0 atom stereocenters. The molecule has 134 valence electrons. The van der Waals surface area contributed by atoms with Crippen LogP contribution in [0.1, 0.15) is 27.5 Å². The summed E-state index contributed by atoms with van der Waals surface area (Å²) in [5.74, 6) is -1.14. The molecule has 0 aliphatic carbocycles. The number of aromatic amines is 1. The fourth-order valence-corrected chi connectivity index (χ4v) is 2.77. The molecule has 7 nitrogen and oxygen atoms in total. The van der Waals surface area contributed by atoms with Gasteiger partial charge in [0.2, 0.25) is 11.7 Å². The van der Waals surface area contributed by atoms with Crippen molar-refractivity contribution in [1.29, 1.82) is 0 Å². The van der Waals surface area contributed by atoms with Gasteiger partial charge in [0.05, 0.1) is 17.1 Å². The van der Waals surface area contributed by atoms with E-state index in [9.17, 15) is 14.0 Å². The Morgan fingerprint density at radius 2 is 2.15 bits per heavy atom. The fraction of sp³-hybridized carbons (Fsp3) is 0.176. The summed E-state index contributed by atoms with van der Waals surface area (Å²) in [5, 5.41) is 6.35. The van der Waals surface area contributed by atoms with Gasteiger partial charge < -0.3 is 14.8 Å². The van der Waals surface area contributed by atoms with Crippen LogP contribution in [-0.4, -0.2) is 21.0 Å². The number of nitrogens with zero attached hydrogens (tertiary/aromatic N) is 2. The van der Waals surface area contributed by atoms with Crippen molar-refractivity contribution in [1.82, 2.24) is 20.4 Å². The lowest BCUT2D eigenvalue weighted by atomic mass is 10.1. The number of nitrogens with one attached hydrogen (secondary N) is 2. The van der Waals surface area contributed by atoms with Gasteiger partial charge in [-0.1, -0.05) is 22.8 Å². The minimum atomic E-state index is -0.587. The zero-order chi connectivity index (χ0) is 18.8. The molecule has 0 aliphatic rings. The van der Waals surface area contributed by atoms with Crippen molar-refractivity contribution >= 4 is 17.5 Å². The minimum absolute atomic E-state index is 0.00693. The van der Waals surface area contributed by atoms with Crippen LogP contribution in [-0.2, 0) is 6.54 Å². The Morgan fingerprint density at radius 1 is 1.38 bits per heavy atom. The van der Waals surface area contributed by atoms with Gasteiger partial charge in [0.25, 0.3) is 11.5 Å². The maximum Gasteiger partial charge on any atom is 0.261 e. The zero-order valence-corrected chi connectivity index (χ0v) is 14.6. The first-order valence-electron chi connectivity index (χ1n) is 7.62. The van der Waals surface area contributed by atoms with Gasteiger partial charge in [0, 0.05) is 5.69 Å². The van der Waals surface area contributed by atoms with Crippen molar-refractivity contribution in [3.63, 3.8) is 0 Å². The van der Waals surface area contributed by atoms with E-state index in [1.807, 2.05) is 0 Å². The Hall–Kier alpha value is -3.00. The van der Waals surface area contributed by atoms with Crippen LogP contribution in [0.15, 0.2) is 33.6 Å². The second-order valence-electron chi connectivity index (χ2n) is 5.63. The van der Waals surface area contributed by atoms with Crippen LogP contribution in [0.3, 0.4) is 0 Å². The standard InChI is InChI=1S/C17H14ClFN4O3/c1-8-6-9(2)21-17(25)13(8)16(24)20-7-12-22-15(23-26-12)14-10(18)4-3-5-11(14)19/h3-6H,7H2,1-2H3,(H,20,24)(H,21,25). The summed E-state index contributed by atoms with van der Waals surface area (Å²) in [6, 6.07) is 5.89.